The molecule has 3 nitrogen and oxygen atoms in total. The second kappa shape index (κ2) is 9.82. The lowest BCUT2D eigenvalue weighted by molar-refractivity contribution is -0.0381. The summed E-state index contributed by atoms with van der Waals surface area (Å²) in [6.45, 7) is 2.98. The van der Waals surface area contributed by atoms with E-state index in [1.807, 2.05) is 24.3 Å². The first kappa shape index (κ1) is 16.0. The van der Waals surface area contributed by atoms with Gasteiger partial charge in [-0.3, -0.25) is 0 Å². The highest BCUT2D eigenvalue weighted by Crippen LogP contribution is 2.14. The molecule has 0 aliphatic carbocycles. The Hall–Kier alpha value is -1.06. The number of hydrogen-bond donors (Lipinski definition) is 2. The summed E-state index contributed by atoms with van der Waals surface area (Å²) in [6.07, 6.45) is 6.55. The molecule has 0 unspecified atom stereocenters. The minimum Gasteiger partial charge on any atom is -0.494 e. The largest absolute Gasteiger partial charge is 0.494 e. The maximum absolute atomic E-state index is 8.86. The molecule has 19 heavy (non-hydrogen) atoms. The highest BCUT2D eigenvalue weighted by Gasteiger charge is 2.00. The molecule has 2 N–H and O–H groups in total. The Balaban J connectivity index is 2.12. The van der Waals surface area contributed by atoms with Crippen LogP contribution in [0.4, 0.5) is 0 Å². The molecular formula is C16H26O3. The van der Waals surface area contributed by atoms with Gasteiger partial charge in [0.15, 0.2) is 6.29 Å². The number of benzene rings is 1. The van der Waals surface area contributed by atoms with Crippen molar-refractivity contribution in [2.45, 2.75) is 58.2 Å². The average molecular weight is 266 g/mol. The molecule has 0 saturated heterocycles. The van der Waals surface area contributed by atoms with Gasteiger partial charge in [0.1, 0.15) is 5.75 Å². The van der Waals surface area contributed by atoms with E-state index in [0.29, 0.717) is 0 Å². The van der Waals surface area contributed by atoms with Crippen LogP contribution >= 0.6 is 0 Å². The molecule has 1 aromatic rings. The van der Waals surface area contributed by atoms with Crippen molar-refractivity contribution in [3.05, 3.63) is 29.8 Å². The molecule has 1 rings (SSSR count). The smallest absolute Gasteiger partial charge is 0.155 e. The molecule has 1 aromatic carbocycles. The number of hydrogen-bond acceptors (Lipinski definition) is 3. The van der Waals surface area contributed by atoms with Gasteiger partial charge in [0.05, 0.1) is 6.61 Å². The summed E-state index contributed by atoms with van der Waals surface area (Å²) >= 11 is 0. The number of ether oxygens (including phenoxy) is 1. The highest BCUT2D eigenvalue weighted by atomic mass is 16.5. The standard InChI is InChI=1S/C16H26O3/c1-2-3-4-5-6-7-12-19-15-10-8-14(9-11-15)13-16(17)18/h8-11,16-18H,2-7,12-13H2,1H3. The fourth-order valence-corrected chi connectivity index (χ4v) is 2.00. The van der Waals surface area contributed by atoms with Crippen molar-refractivity contribution >= 4 is 0 Å². The maximum atomic E-state index is 8.86. The van der Waals surface area contributed by atoms with Crippen LogP contribution in [0.1, 0.15) is 51.0 Å². The maximum Gasteiger partial charge on any atom is 0.155 e. The predicted molar refractivity (Wildman–Crippen MR) is 77.2 cm³/mol. The van der Waals surface area contributed by atoms with Gasteiger partial charge in [0, 0.05) is 6.42 Å². The molecule has 0 amide bonds. The quantitative estimate of drug-likeness (QED) is 0.505. The zero-order valence-corrected chi connectivity index (χ0v) is 11.8. The van der Waals surface area contributed by atoms with Gasteiger partial charge in [-0.2, -0.15) is 0 Å². The van der Waals surface area contributed by atoms with Crippen LogP contribution in [0.3, 0.4) is 0 Å². The van der Waals surface area contributed by atoms with Crippen molar-refractivity contribution in [1.82, 2.24) is 0 Å². The van der Waals surface area contributed by atoms with Crippen LogP contribution in [0.25, 0.3) is 0 Å². The van der Waals surface area contributed by atoms with Crippen molar-refractivity contribution in [3.8, 4) is 5.75 Å². The van der Waals surface area contributed by atoms with E-state index in [0.717, 1.165) is 24.3 Å². The first-order valence-corrected chi connectivity index (χ1v) is 7.30. The van der Waals surface area contributed by atoms with E-state index in [4.69, 9.17) is 14.9 Å². The third-order valence-corrected chi connectivity index (χ3v) is 3.11. The van der Waals surface area contributed by atoms with Crippen molar-refractivity contribution in [1.29, 1.82) is 0 Å². The third-order valence-electron chi connectivity index (χ3n) is 3.11. The summed E-state index contributed by atoms with van der Waals surface area (Å²) in [5.74, 6) is 0.852. The minimum absolute atomic E-state index is 0.262. The van der Waals surface area contributed by atoms with Gasteiger partial charge in [0.25, 0.3) is 0 Å². The Bertz CT molecular complexity index is 319. The third kappa shape index (κ3) is 7.85. The van der Waals surface area contributed by atoms with E-state index in [1.165, 1.54) is 32.1 Å². The lowest BCUT2D eigenvalue weighted by Crippen LogP contribution is -2.08. The summed E-state index contributed by atoms with van der Waals surface area (Å²) < 4.78 is 5.65. The zero-order chi connectivity index (χ0) is 13.9. The van der Waals surface area contributed by atoms with Crippen LogP contribution in [0.5, 0.6) is 5.75 Å². The van der Waals surface area contributed by atoms with E-state index >= 15 is 0 Å². The lowest BCUT2D eigenvalue weighted by Gasteiger charge is -2.08. The van der Waals surface area contributed by atoms with Crippen LogP contribution in [0.2, 0.25) is 0 Å². The molecule has 0 heterocycles. The van der Waals surface area contributed by atoms with Gasteiger partial charge in [-0.05, 0) is 24.1 Å². The molecule has 0 aromatic heterocycles. The molecule has 0 bridgehead atoms. The van der Waals surface area contributed by atoms with Crippen LogP contribution in [0.15, 0.2) is 24.3 Å². The molecule has 3 heteroatoms. The topological polar surface area (TPSA) is 49.7 Å². The Morgan fingerprint density at radius 2 is 1.58 bits per heavy atom. The summed E-state index contributed by atoms with van der Waals surface area (Å²) in [4.78, 5) is 0. The number of aliphatic hydroxyl groups is 2. The molecule has 0 aliphatic rings. The monoisotopic (exact) mass is 266 g/mol. The molecule has 0 atom stereocenters. The van der Waals surface area contributed by atoms with E-state index in [2.05, 4.69) is 6.92 Å². The second-order valence-electron chi connectivity index (χ2n) is 4.94. The Labute approximate surface area is 116 Å². The molecule has 0 fully saturated rings. The lowest BCUT2D eigenvalue weighted by atomic mass is 10.1. The Morgan fingerprint density at radius 3 is 2.21 bits per heavy atom. The van der Waals surface area contributed by atoms with Crippen LogP contribution < -0.4 is 4.74 Å². The van der Waals surface area contributed by atoms with E-state index < -0.39 is 6.29 Å². The van der Waals surface area contributed by atoms with E-state index in [9.17, 15) is 0 Å². The second-order valence-corrected chi connectivity index (χ2v) is 4.94. The van der Waals surface area contributed by atoms with Gasteiger partial charge < -0.3 is 14.9 Å². The number of unbranched alkanes of at least 4 members (excludes halogenated alkanes) is 5. The van der Waals surface area contributed by atoms with Crippen molar-refractivity contribution in [2.75, 3.05) is 6.61 Å². The summed E-state index contributed by atoms with van der Waals surface area (Å²) in [7, 11) is 0. The zero-order valence-electron chi connectivity index (χ0n) is 11.8. The predicted octanol–water partition coefficient (Wildman–Crippen LogP) is 3.28. The van der Waals surface area contributed by atoms with Crippen molar-refractivity contribution < 1.29 is 14.9 Å². The van der Waals surface area contributed by atoms with Crippen molar-refractivity contribution in [3.63, 3.8) is 0 Å². The van der Waals surface area contributed by atoms with Crippen molar-refractivity contribution in [2.24, 2.45) is 0 Å². The van der Waals surface area contributed by atoms with Gasteiger partial charge in [-0.15, -0.1) is 0 Å². The summed E-state index contributed by atoms with van der Waals surface area (Å²) in [6, 6.07) is 7.51. The van der Waals surface area contributed by atoms with E-state index in [-0.39, 0.29) is 6.42 Å². The molecule has 0 aliphatic heterocycles. The SMILES string of the molecule is CCCCCCCCOc1ccc(CC(O)O)cc1. The molecule has 0 radical (unpaired) electrons. The van der Waals surface area contributed by atoms with Crippen LogP contribution in [0, 0.1) is 0 Å². The average Bonchev–Trinajstić information content (AvgIpc) is 2.39. The molecular weight excluding hydrogens is 240 g/mol. The summed E-state index contributed by atoms with van der Waals surface area (Å²) in [5.41, 5.74) is 0.905. The normalized spacial score (nSPS) is 10.9. The molecule has 108 valence electrons. The summed E-state index contributed by atoms with van der Waals surface area (Å²) in [5, 5.41) is 17.7. The Kier molecular flexibility index (Phi) is 8.26. The fraction of sp³-hybridized carbons (Fsp3) is 0.625. The van der Waals surface area contributed by atoms with Gasteiger partial charge >= 0.3 is 0 Å². The molecule has 0 saturated carbocycles. The number of rotatable bonds is 10. The number of aliphatic hydroxyl groups excluding tert-OH is 1. The van der Waals surface area contributed by atoms with Crippen LogP contribution in [-0.2, 0) is 6.42 Å². The fourth-order valence-electron chi connectivity index (χ4n) is 2.00. The van der Waals surface area contributed by atoms with Gasteiger partial charge in [-0.25, -0.2) is 0 Å². The van der Waals surface area contributed by atoms with E-state index in [1.54, 1.807) is 0 Å². The molecule has 0 spiro atoms. The first-order valence-electron chi connectivity index (χ1n) is 7.30. The van der Waals surface area contributed by atoms with Crippen LogP contribution in [-0.4, -0.2) is 23.1 Å². The van der Waals surface area contributed by atoms with Gasteiger partial charge in [0.2, 0.25) is 0 Å². The highest BCUT2D eigenvalue weighted by molar-refractivity contribution is 5.27. The van der Waals surface area contributed by atoms with Gasteiger partial charge in [-0.1, -0.05) is 51.2 Å². The minimum atomic E-state index is -1.28. The first-order chi connectivity index (χ1) is 9.22. The Morgan fingerprint density at radius 1 is 0.947 bits per heavy atom.